The number of nitrogens with zero attached hydrogens (tertiary/aromatic N) is 3. The van der Waals surface area contributed by atoms with Crippen LogP contribution in [0.25, 0.3) is 22.0 Å². The van der Waals surface area contributed by atoms with Gasteiger partial charge < -0.3 is 15.4 Å². The van der Waals surface area contributed by atoms with Crippen molar-refractivity contribution in [1.29, 1.82) is 0 Å². The van der Waals surface area contributed by atoms with Crippen LogP contribution < -0.4 is 10.6 Å². The number of benzene rings is 2. The SMILES string of the molecule is Fc1cccc(F)c1-c1cccc2cnc(Nc3cccnc3C3CNCCO3)nc12. The molecule has 1 saturated heterocycles. The van der Waals surface area contributed by atoms with Gasteiger partial charge in [-0.1, -0.05) is 24.3 Å². The van der Waals surface area contributed by atoms with E-state index in [1.54, 1.807) is 30.6 Å². The van der Waals surface area contributed by atoms with Crippen LogP contribution in [0.2, 0.25) is 0 Å². The van der Waals surface area contributed by atoms with Gasteiger partial charge in [0.25, 0.3) is 0 Å². The third-order valence-electron chi connectivity index (χ3n) is 5.16. The first-order valence-corrected chi connectivity index (χ1v) is 9.95. The molecule has 156 valence electrons. The molecule has 31 heavy (non-hydrogen) atoms. The van der Waals surface area contributed by atoms with E-state index >= 15 is 0 Å². The Morgan fingerprint density at radius 1 is 1.00 bits per heavy atom. The van der Waals surface area contributed by atoms with E-state index < -0.39 is 11.6 Å². The molecule has 8 heteroatoms. The summed E-state index contributed by atoms with van der Waals surface area (Å²) < 4.78 is 34.7. The van der Waals surface area contributed by atoms with Gasteiger partial charge in [0, 0.05) is 36.4 Å². The van der Waals surface area contributed by atoms with Gasteiger partial charge in [0.1, 0.15) is 17.7 Å². The molecule has 3 heterocycles. The maximum atomic E-state index is 14.4. The molecule has 2 N–H and O–H groups in total. The van der Waals surface area contributed by atoms with E-state index in [1.165, 1.54) is 18.2 Å². The van der Waals surface area contributed by atoms with E-state index in [0.717, 1.165) is 12.2 Å². The monoisotopic (exact) mass is 419 g/mol. The number of hydrogen-bond donors (Lipinski definition) is 2. The number of halogens is 2. The minimum Gasteiger partial charge on any atom is -0.369 e. The van der Waals surface area contributed by atoms with Crippen molar-refractivity contribution in [2.45, 2.75) is 6.10 Å². The zero-order chi connectivity index (χ0) is 21.2. The predicted molar refractivity (Wildman–Crippen MR) is 114 cm³/mol. The molecule has 2 aromatic heterocycles. The molecule has 0 bridgehead atoms. The van der Waals surface area contributed by atoms with Gasteiger partial charge in [0.15, 0.2) is 0 Å². The van der Waals surface area contributed by atoms with Crippen molar-refractivity contribution >= 4 is 22.5 Å². The van der Waals surface area contributed by atoms with Gasteiger partial charge in [-0.3, -0.25) is 4.98 Å². The third-order valence-corrected chi connectivity index (χ3v) is 5.16. The minimum atomic E-state index is -0.642. The van der Waals surface area contributed by atoms with Gasteiger partial charge in [-0.15, -0.1) is 0 Å². The fourth-order valence-electron chi connectivity index (χ4n) is 3.71. The summed E-state index contributed by atoms with van der Waals surface area (Å²) in [4.78, 5) is 13.4. The van der Waals surface area contributed by atoms with Crippen molar-refractivity contribution in [1.82, 2.24) is 20.3 Å². The summed E-state index contributed by atoms with van der Waals surface area (Å²) in [5.74, 6) is -0.982. The summed E-state index contributed by atoms with van der Waals surface area (Å²) in [6.45, 7) is 2.06. The maximum Gasteiger partial charge on any atom is 0.227 e. The quantitative estimate of drug-likeness (QED) is 0.512. The Balaban J connectivity index is 1.56. The first-order valence-electron chi connectivity index (χ1n) is 9.95. The van der Waals surface area contributed by atoms with Crippen LogP contribution >= 0.6 is 0 Å². The zero-order valence-electron chi connectivity index (χ0n) is 16.5. The average Bonchev–Trinajstić information content (AvgIpc) is 2.80. The molecule has 1 fully saturated rings. The van der Waals surface area contributed by atoms with Gasteiger partial charge in [0.05, 0.1) is 29.1 Å². The molecule has 0 amide bonds. The molecular weight excluding hydrogens is 400 g/mol. The largest absolute Gasteiger partial charge is 0.369 e. The summed E-state index contributed by atoms with van der Waals surface area (Å²) in [7, 11) is 0. The number of aromatic nitrogens is 3. The molecule has 0 aliphatic carbocycles. The molecule has 1 atom stereocenters. The van der Waals surface area contributed by atoms with Gasteiger partial charge in [0.2, 0.25) is 5.95 Å². The predicted octanol–water partition coefficient (Wildman–Crippen LogP) is 4.37. The van der Waals surface area contributed by atoms with Gasteiger partial charge in [-0.05, 0) is 24.3 Å². The fourth-order valence-corrected chi connectivity index (χ4v) is 3.71. The lowest BCUT2D eigenvalue weighted by molar-refractivity contribution is 0.0255. The summed E-state index contributed by atoms with van der Waals surface area (Å²) in [5, 5.41) is 7.16. The van der Waals surface area contributed by atoms with E-state index in [0.29, 0.717) is 41.3 Å². The summed E-state index contributed by atoms with van der Waals surface area (Å²) in [6, 6.07) is 12.7. The van der Waals surface area contributed by atoms with Crippen molar-refractivity contribution in [3.63, 3.8) is 0 Å². The second kappa shape index (κ2) is 8.33. The van der Waals surface area contributed by atoms with Crippen molar-refractivity contribution in [2.24, 2.45) is 0 Å². The van der Waals surface area contributed by atoms with Crippen LogP contribution in [0.3, 0.4) is 0 Å². The Kier molecular flexibility index (Phi) is 5.23. The Labute approximate surface area is 177 Å². The molecule has 0 saturated carbocycles. The van der Waals surface area contributed by atoms with Crippen molar-refractivity contribution in [3.05, 3.63) is 78.3 Å². The molecule has 1 aliphatic rings. The molecule has 1 aliphatic heterocycles. The number of rotatable bonds is 4. The first kappa shape index (κ1) is 19.5. The molecular formula is C23H19F2N5O. The molecule has 2 aromatic carbocycles. The molecule has 5 rings (SSSR count). The number of hydrogen-bond acceptors (Lipinski definition) is 6. The molecule has 0 radical (unpaired) electrons. The number of pyridine rings is 1. The van der Waals surface area contributed by atoms with E-state index in [9.17, 15) is 8.78 Å². The lowest BCUT2D eigenvalue weighted by Gasteiger charge is -2.24. The summed E-state index contributed by atoms with van der Waals surface area (Å²) in [5.41, 5.74) is 2.16. The molecule has 1 unspecified atom stereocenters. The van der Waals surface area contributed by atoms with Crippen molar-refractivity contribution in [3.8, 4) is 11.1 Å². The standard InChI is InChI=1S/C23H19F2N5O/c24-16-6-2-7-17(25)20(16)15-5-1-4-14-12-28-23(30-21(14)15)29-18-8-3-9-27-22(18)19-13-26-10-11-31-19/h1-9,12,19,26H,10-11,13H2,(H,28,29,30). The number of para-hydroxylation sites is 1. The van der Waals surface area contributed by atoms with E-state index in [2.05, 4.69) is 25.6 Å². The molecule has 0 spiro atoms. The van der Waals surface area contributed by atoms with E-state index in [1.807, 2.05) is 12.1 Å². The fraction of sp³-hybridized carbons (Fsp3) is 0.174. The van der Waals surface area contributed by atoms with Crippen LogP contribution in [0.1, 0.15) is 11.8 Å². The second-order valence-electron chi connectivity index (χ2n) is 7.16. The molecule has 6 nitrogen and oxygen atoms in total. The van der Waals surface area contributed by atoms with Crippen LogP contribution in [0.15, 0.2) is 60.9 Å². The van der Waals surface area contributed by atoms with Crippen LogP contribution in [-0.2, 0) is 4.74 Å². The van der Waals surface area contributed by atoms with Crippen LogP contribution in [0.5, 0.6) is 0 Å². The average molecular weight is 419 g/mol. The summed E-state index contributed by atoms with van der Waals surface area (Å²) in [6.07, 6.45) is 3.14. The lowest BCUT2D eigenvalue weighted by atomic mass is 10.0. The number of ether oxygens (including phenoxy) is 1. The molecule has 4 aromatic rings. The third kappa shape index (κ3) is 3.83. The van der Waals surface area contributed by atoms with Crippen molar-refractivity contribution < 1.29 is 13.5 Å². The highest BCUT2D eigenvalue weighted by molar-refractivity contribution is 5.94. The second-order valence-corrected chi connectivity index (χ2v) is 7.16. The highest BCUT2D eigenvalue weighted by Gasteiger charge is 2.21. The number of nitrogens with one attached hydrogen (secondary N) is 2. The number of anilines is 2. The Morgan fingerprint density at radius 2 is 1.84 bits per heavy atom. The normalized spacial score (nSPS) is 16.4. The van der Waals surface area contributed by atoms with Crippen LogP contribution in [-0.4, -0.2) is 34.6 Å². The topological polar surface area (TPSA) is 72.0 Å². The van der Waals surface area contributed by atoms with Crippen LogP contribution in [0.4, 0.5) is 20.4 Å². The van der Waals surface area contributed by atoms with E-state index in [4.69, 9.17) is 4.74 Å². The minimum absolute atomic E-state index is 0.110. The lowest BCUT2D eigenvalue weighted by Crippen LogP contribution is -2.34. The first-order chi connectivity index (χ1) is 15.2. The van der Waals surface area contributed by atoms with E-state index in [-0.39, 0.29) is 11.7 Å². The van der Waals surface area contributed by atoms with Crippen molar-refractivity contribution in [2.75, 3.05) is 25.0 Å². The smallest absolute Gasteiger partial charge is 0.227 e. The van der Waals surface area contributed by atoms with Gasteiger partial charge >= 0.3 is 0 Å². The summed E-state index contributed by atoms with van der Waals surface area (Å²) >= 11 is 0. The Bertz CT molecular complexity index is 1220. The highest BCUT2D eigenvalue weighted by atomic mass is 19.1. The maximum absolute atomic E-state index is 14.4. The van der Waals surface area contributed by atoms with Crippen LogP contribution in [0, 0.1) is 11.6 Å². The highest BCUT2D eigenvalue weighted by Crippen LogP contribution is 2.32. The Morgan fingerprint density at radius 3 is 2.65 bits per heavy atom. The Hall–Kier alpha value is -3.49. The number of morpholine rings is 1. The van der Waals surface area contributed by atoms with Gasteiger partial charge in [-0.2, -0.15) is 0 Å². The zero-order valence-corrected chi connectivity index (χ0v) is 16.5. The number of fused-ring (bicyclic) bond motifs is 1. The van der Waals surface area contributed by atoms with Gasteiger partial charge in [-0.25, -0.2) is 18.7 Å².